The van der Waals surface area contributed by atoms with Gasteiger partial charge in [-0.2, -0.15) is 0 Å². The molecule has 116 valence electrons. The summed E-state index contributed by atoms with van der Waals surface area (Å²) < 4.78 is 8.06. The van der Waals surface area contributed by atoms with Crippen molar-refractivity contribution in [3.63, 3.8) is 0 Å². The van der Waals surface area contributed by atoms with Crippen LogP contribution in [0.2, 0.25) is 0 Å². The maximum Gasteiger partial charge on any atom is 0.382 e. The van der Waals surface area contributed by atoms with Crippen LogP contribution in [0.25, 0.3) is 0 Å². The van der Waals surface area contributed by atoms with Crippen LogP contribution in [0.5, 0.6) is 0 Å². The fourth-order valence-electron chi connectivity index (χ4n) is 2.23. The normalized spacial score (nSPS) is 18.8. The lowest BCUT2D eigenvalue weighted by Gasteiger charge is -2.21. The minimum Gasteiger partial charge on any atom is -0.481 e. The van der Waals surface area contributed by atoms with Crippen molar-refractivity contribution in [3.05, 3.63) is 0 Å². The van der Waals surface area contributed by atoms with E-state index >= 15 is 0 Å². The number of hydrogen-bond acceptors (Lipinski definition) is 5. The maximum absolute atomic E-state index is 10.8. The lowest BCUT2D eigenvalue weighted by atomic mass is 10.0. The van der Waals surface area contributed by atoms with E-state index in [2.05, 4.69) is 4.72 Å². The Kier molecular flexibility index (Phi) is 9.49. The molecule has 20 heavy (non-hydrogen) atoms. The third-order valence-corrected chi connectivity index (χ3v) is 4.14. The Morgan fingerprint density at radius 3 is 2.30 bits per heavy atom. The van der Waals surface area contributed by atoms with Crippen LogP contribution < -0.4 is 4.72 Å². The number of carboxylic acids is 1. The number of rotatable bonds is 11. The van der Waals surface area contributed by atoms with E-state index in [-0.39, 0.29) is 5.30 Å². The molecule has 1 rings (SSSR count). The molecule has 6 heteroatoms. The van der Waals surface area contributed by atoms with E-state index in [1.807, 2.05) is 0 Å². The average Bonchev–Trinajstić information content (AvgIpc) is 2.42. The number of carboxylic acid groups (broad SMARTS) is 1. The molecule has 0 amide bonds. The van der Waals surface area contributed by atoms with Crippen molar-refractivity contribution in [2.45, 2.75) is 70.3 Å². The van der Waals surface area contributed by atoms with Crippen molar-refractivity contribution in [2.75, 3.05) is 6.61 Å². The number of ether oxygens (including phenoxy) is 1. The smallest absolute Gasteiger partial charge is 0.382 e. The van der Waals surface area contributed by atoms with Gasteiger partial charge in [0.1, 0.15) is 6.61 Å². The Bertz CT molecular complexity index is 289. The number of nitrogens with one attached hydrogen (secondary N) is 1. The topological polar surface area (TPSA) is 75.6 Å². The van der Waals surface area contributed by atoms with Crippen LogP contribution in [-0.4, -0.2) is 29.0 Å². The summed E-state index contributed by atoms with van der Waals surface area (Å²) in [6.07, 6.45) is 10.4. The summed E-state index contributed by atoms with van der Waals surface area (Å²) in [6, 6.07) is 0.300. The highest BCUT2D eigenvalue weighted by atomic mass is 32.2. The quantitative estimate of drug-likeness (QED) is 0.344. The van der Waals surface area contributed by atoms with E-state index in [1.165, 1.54) is 25.7 Å². The van der Waals surface area contributed by atoms with Crippen LogP contribution in [-0.2, 0) is 9.53 Å². The molecule has 1 heterocycles. The molecule has 1 fully saturated rings. The minimum atomic E-state index is -0.690. The second kappa shape index (κ2) is 11.0. The molecule has 1 aliphatic heterocycles. The molecule has 1 unspecified atom stereocenters. The summed E-state index contributed by atoms with van der Waals surface area (Å²) in [7, 11) is 0. The van der Waals surface area contributed by atoms with Gasteiger partial charge >= 0.3 is 11.3 Å². The van der Waals surface area contributed by atoms with Crippen LogP contribution in [0.1, 0.15) is 64.2 Å². The molecule has 5 nitrogen and oxygen atoms in total. The highest BCUT2D eigenvalue weighted by Gasteiger charge is 2.19. The fourth-order valence-corrected chi connectivity index (χ4v) is 2.81. The fraction of sp³-hybridized carbons (Fsp3) is 0.857. The van der Waals surface area contributed by atoms with Crippen LogP contribution in [0, 0.1) is 0 Å². The molecule has 0 bridgehead atoms. The van der Waals surface area contributed by atoms with Gasteiger partial charge in [-0.05, 0) is 12.8 Å². The van der Waals surface area contributed by atoms with Gasteiger partial charge in [-0.15, -0.1) is 0 Å². The van der Waals surface area contributed by atoms with Crippen LogP contribution >= 0.6 is 11.9 Å². The zero-order valence-corrected chi connectivity index (χ0v) is 12.8. The van der Waals surface area contributed by atoms with Crippen LogP contribution in [0.15, 0.2) is 0 Å². The molecule has 0 aromatic heterocycles. The monoisotopic (exact) mass is 303 g/mol. The molecule has 1 saturated heterocycles. The SMILES string of the molecule is O=C(O)CCCCCCCCCCC1COC(=O)SN1. The van der Waals surface area contributed by atoms with E-state index in [4.69, 9.17) is 9.84 Å². The predicted molar refractivity (Wildman–Crippen MR) is 79.7 cm³/mol. The molecular weight excluding hydrogens is 278 g/mol. The van der Waals surface area contributed by atoms with Crippen molar-refractivity contribution < 1.29 is 19.4 Å². The molecule has 0 spiro atoms. The second-order valence-electron chi connectivity index (χ2n) is 5.24. The first-order valence-corrected chi connectivity index (χ1v) is 8.31. The van der Waals surface area contributed by atoms with Gasteiger partial charge < -0.3 is 9.84 Å². The van der Waals surface area contributed by atoms with E-state index in [0.29, 0.717) is 19.1 Å². The van der Waals surface area contributed by atoms with Gasteiger partial charge in [0.15, 0.2) is 0 Å². The van der Waals surface area contributed by atoms with Gasteiger partial charge in [-0.3, -0.25) is 4.79 Å². The highest BCUT2D eigenvalue weighted by Crippen LogP contribution is 2.15. The van der Waals surface area contributed by atoms with Gasteiger partial charge in [-0.25, -0.2) is 9.52 Å². The standard InChI is InChI=1S/C14H25NO4S/c16-13(17)10-8-6-4-2-1-3-5-7-9-12-11-19-14(18)20-15-12/h12,15H,1-11H2,(H,16,17). The zero-order chi connectivity index (χ0) is 14.6. The minimum absolute atomic E-state index is 0.232. The third-order valence-electron chi connectivity index (χ3n) is 3.40. The molecule has 0 aromatic carbocycles. The largest absolute Gasteiger partial charge is 0.481 e. The number of carbonyl (C=O) groups excluding carboxylic acids is 1. The van der Waals surface area contributed by atoms with Gasteiger partial charge in [0.05, 0.1) is 6.04 Å². The summed E-state index contributed by atoms with van der Waals surface area (Å²) >= 11 is 1.05. The predicted octanol–water partition coefficient (Wildman–Crippen LogP) is 3.73. The molecule has 0 aromatic rings. The van der Waals surface area contributed by atoms with Gasteiger partial charge in [-0.1, -0.05) is 44.9 Å². The Balaban J connectivity index is 1.78. The van der Waals surface area contributed by atoms with E-state index in [1.54, 1.807) is 0 Å². The number of unbranched alkanes of at least 4 members (excludes halogenated alkanes) is 7. The van der Waals surface area contributed by atoms with Crippen LogP contribution in [0.4, 0.5) is 4.79 Å². The Morgan fingerprint density at radius 2 is 1.75 bits per heavy atom. The van der Waals surface area contributed by atoms with Crippen molar-refractivity contribution in [3.8, 4) is 0 Å². The summed E-state index contributed by atoms with van der Waals surface area (Å²) in [5.74, 6) is -0.690. The van der Waals surface area contributed by atoms with E-state index in [0.717, 1.165) is 44.1 Å². The first kappa shape index (κ1) is 17.3. The summed E-state index contributed by atoms with van der Waals surface area (Å²) in [4.78, 5) is 21.1. The number of aliphatic carboxylic acids is 1. The summed E-state index contributed by atoms with van der Waals surface area (Å²) in [5, 5.41) is 8.27. The van der Waals surface area contributed by atoms with Gasteiger partial charge in [0, 0.05) is 18.4 Å². The molecular formula is C14H25NO4S. The highest BCUT2D eigenvalue weighted by molar-refractivity contribution is 8.11. The Morgan fingerprint density at radius 1 is 1.15 bits per heavy atom. The van der Waals surface area contributed by atoms with Crippen molar-refractivity contribution in [1.29, 1.82) is 0 Å². The number of hydrogen-bond donors (Lipinski definition) is 2. The first-order valence-electron chi connectivity index (χ1n) is 7.49. The van der Waals surface area contributed by atoms with Crippen molar-refractivity contribution in [2.24, 2.45) is 0 Å². The third kappa shape index (κ3) is 9.20. The van der Waals surface area contributed by atoms with Crippen molar-refractivity contribution in [1.82, 2.24) is 4.72 Å². The molecule has 1 atom stereocenters. The van der Waals surface area contributed by atoms with Crippen LogP contribution in [0.3, 0.4) is 0 Å². The zero-order valence-electron chi connectivity index (χ0n) is 11.9. The van der Waals surface area contributed by atoms with Gasteiger partial charge in [0.2, 0.25) is 0 Å². The Labute approximate surface area is 125 Å². The van der Waals surface area contributed by atoms with E-state index in [9.17, 15) is 9.59 Å². The lowest BCUT2D eigenvalue weighted by Crippen LogP contribution is -2.35. The summed E-state index contributed by atoms with van der Waals surface area (Å²) in [6.45, 7) is 0.495. The lowest BCUT2D eigenvalue weighted by molar-refractivity contribution is -0.137. The van der Waals surface area contributed by atoms with Crippen molar-refractivity contribution >= 4 is 23.2 Å². The second-order valence-corrected chi connectivity index (χ2v) is 6.01. The molecule has 0 saturated carbocycles. The molecule has 1 aliphatic rings. The summed E-state index contributed by atoms with van der Waals surface area (Å²) in [5.41, 5.74) is 0. The first-order chi connectivity index (χ1) is 9.68. The van der Waals surface area contributed by atoms with E-state index < -0.39 is 5.97 Å². The number of carbonyl (C=O) groups is 2. The Hall–Kier alpha value is -0.750. The molecule has 2 N–H and O–H groups in total. The molecule has 0 radical (unpaired) electrons. The average molecular weight is 303 g/mol. The maximum atomic E-state index is 10.8. The van der Waals surface area contributed by atoms with Gasteiger partial charge in [0.25, 0.3) is 0 Å². The molecule has 0 aliphatic carbocycles. The number of cyclic esters (lactones) is 1.